The second-order valence-corrected chi connectivity index (χ2v) is 11.4. The summed E-state index contributed by atoms with van der Waals surface area (Å²) in [5.41, 5.74) is 1.69. The van der Waals surface area contributed by atoms with E-state index in [1.165, 1.54) is 6.42 Å². The van der Waals surface area contributed by atoms with Gasteiger partial charge < -0.3 is 19.9 Å². The number of carbonyl (C=O) groups is 3. The summed E-state index contributed by atoms with van der Waals surface area (Å²) < 4.78 is 5.70. The number of ketones is 1. The molecule has 0 bridgehead atoms. The van der Waals surface area contributed by atoms with Gasteiger partial charge in [-0.25, -0.2) is 0 Å². The summed E-state index contributed by atoms with van der Waals surface area (Å²) in [7, 11) is 0. The molecule has 0 spiro atoms. The van der Waals surface area contributed by atoms with E-state index in [0.29, 0.717) is 12.1 Å². The van der Waals surface area contributed by atoms with E-state index in [2.05, 4.69) is 22.0 Å². The molecule has 4 atom stereocenters. The fourth-order valence-corrected chi connectivity index (χ4v) is 6.74. The highest BCUT2D eigenvalue weighted by Gasteiger charge is 2.52. The molecule has 1 aromatic rings. The number of amides is 2. The maximum atomic E-state index is 13.9. The second-order valence-electron chi connectivity index (χ2n) is 11.4. The van der Waals surface area contributed by atoms with E-state index >= 15 is 0 Å². The number of Topliss-reactive ketones (excluding diaryl/α,β-unsaturated/α-hetero) is 1. The molecule has 202 valence electrons. The van der Waals surface area contributed by atoms with Crippen LogP contribution < -0.4 is 10.2 Å². The number of hydrogen-bond donors (Lipinski definition) is 1. The monoisotopic (exact) mass is 510 g/mol. The van der Waals surface area contributed by atoms with Crippen molar-refractivity contribution in [2.75, 3.05) is 50.8 Å². The van der Waals surface area contributed by atoms with Crippen molar-refractivity contribution in [1.29, 1.82) is 0 Å². The summed E-state index contributed by atoms with van der Waals surface area (Å²) in [6, 6.07) is 6.65. The van der Waals surface area contributed by atoms with Gasteiger partial charge in [0.25, 0.3) is 5.91 Å². The van der Waals surface area contributed by atoms with Crippen LogP contribution in [0.3, 0.4) is 0 Å². The van der Waals surface area contributed by atoms with Crippen LogP contribution >= 0.6 is 0 Å². The molecule has 1 aromatic carbocycles. The Morgan fingerprint density at radius 2 is 1.76 bits per heavy atom. The smallest absolute Gasteiger partial charge is 0.251 e. The molecule has 2 amide bonds. The number of nitrogens with one attached hydrogen (secondary N) is 1. The number of nitrogens with zero attached hydrogens (tertiary/aromatic N) is 3. The van der Waals surface area contributed by atoms with E-state index in [4.69, 9.17) is 4.74 Å². The number of carbonyl (C=O) groups excluding carboxylic acids is 3. The van der Waals surface area contributed by atoms with Gasteiger partial charge in [-0.15, -0.1) is 0 Å². The number of anilines is 1. The van der Waals surface area contributed by atoms with Crippen LogP contribution in [0.4, 0.5) is 5.69 Å². The minimum absolute atomic E-state index is 0.0254. The molecule has 1 saturated carbocycles. The zero-order chi connectivity index (χ0) is 25.9. The van der Waals surface area contributed by atoms with Crippen LogP contribution in [0.15, 0.2) is 24.3 Å². The van der Waals surface area contributed by atoms with Crippen molar-refractivity contribution >= 4 is 23.3 Å². The minimum atomic E-state index is -0.613. The summed E-state index contributed by atoms with van der Waals surface area (Å²) in [4.78, 5) is 46.4. The summed E-state index contributed by atoms with van der Waals surface area (Å²) in [5.74, 6) is -0.168. The van der Waals surface area contributed by atoms with Crippen LogP contribution in [0.2, 0.25) is 0 Å². The average molecular weight is 511 g/mol. The van der Waals surface area contributed by atoms with Crippen LogP contribution in [-0.4, -0.2) is 91.5 Å². The van der Waals surface area contributed by atoms with Crippen molar-refractivity contribution in [3.05, 3.63) is 29.8 Å². The van der Waals surface area contributed by atoms with Gasteiger partial charge in [-0.05, 0) is 56.0 Å². The van der Waals surface area contributed by atoms with Gasteiger partial charge in [-0.1, -0.05) is 33.1 Å². The number of fused-ring (bicyclic) bond motifs is 1. The van der Waals surface area contributed by atoms with E-state index in [1.54, 1.807) is 4.90 Å². The highest BCUT2D eigenvalue weighted by Crippen LogP contribution is 2.34. The van der Waals surface area contributed by atoms with Crippen molar-refractivity contribution in [3.8, 4) is 0 Å². The van der Waals surface area contributed by atoms with E-state index in [0.717, 1.165) is 70.5 Å². The zero-order valence-corrected chi connectivity index (χ0v) is 22.4. The molecule has 4 aliphatic rings. The molecule has 1 aliphatic carbocycles. The predicted octanol–water partition coefficient (Wildman–Crippen LogP) is 2.71. The summed E-state index contributed by atoms with van der Waals surface area (Å²) in [6.07, 6.45) is 6.08. The van der Waals surface area contributed by atoms with Crippen LogP contribution in [-0.2, 0) is 14.3 Å². The first-order chi connectivity index (χ1) is 18.0. The molecular formula is C29H42N4O4. The molecule has 1 N–H and O–H groups in total. The Labute approximate surface area is 220 Å². The Kier molecular flexibility index (Phi) is 8.15. The first-order valence-corrected chi connectivity index (χ1v) is 14.3. The normalized spacial score (nSPS) is 27.8. The van der Waals surface area contributed by atoms with Crippen LogP contribution in [0.5, 0.6) is 0 Å². The van der Waals surface area contributed by atoms with Crippen LogP contribution in [0.1, 0.15) is 62.7 Å². The lowest BCUT2D eigenvalue weighted by Crippen LogP contribution is -2.55. The molecule has 0 radical (unpaired) electrons. The Hall–Kier alpha value is -2.45. The first kappa shape index (κ1) is 26.2. The molecule has 4 fully saturated rings. The van der Waals surface area contributed by atoms with Crippen molar-refractivity contribution in [2.24, 2.45) is 11.8 Å². The Morgan fingerprint density at radius 3 is 2.43 bits per heavy atom. The minimum Gasteiger partial charge on any atom is -0.369 e. The predicted molar refractivity (Wildman–Crippen MR) is 143 cm³/mol. The summed E-state index contributed by atoms with van der Waals surface area (Å²) >= 11 is 0. The van der Waals surface area contributed by atoms with Gasteiger partial charge in [0.05, 0.1) is 6.10 Å². The van der Waals surface area contributed by atoms with Gasteiger partial charge in [-0.2, -0.15) is 0 Å². The molecule has 8 nitrogen and oxygen atoms in total. The second kappa shape index (κ2) is 11.5. The third-order valence-corrected chi connectivity index (χ3v) is 8.80. The molecule has 8 heteroatoms. The molecular weight excluding hydrogens is 468 g/mol. The van der Waals surface area contributed by atoms with Crippen molar-refractivity contribution < 1.29 is 19.1 Å². The van der Waals surface area contributed by atoms with E-state index in [9.17, 15) is 14.4 Å². The molecule has 3 saturated heterocycles. The Bertz CT molecular complexity index is 969. The number of likely N-dealkylation sites (tertiary alicyclic amines) is 1. The van der Waals surface area contributed by atoms with Crippen LogP contribution in [0.25, 0.3) is 0 Å². The highest BCUT2D eigenvalue weighted by molar-refractivity contribution is 5.99. The maximum absolute atomic E-state index is 13.9. The van der Waals surface area contributed by atoms with E-state index in [-0.39, 0.29) is 42.1 Å². The zero-order valence-electron chi connectivity index (χ0n) is 22.4. The van der Waals surface area contributed by atoms with Crippen molar-refractivity contribution in [1.82, 2.24) is 15.1 Å². The van der Waals surface area contributed by atoms with Gasteiger partial charge in [0.2, 0.25) is 5.91 Å². The van der Waals surface area contributed by atoms with Crippen molar-refractivity contribution in [3.63, 3.8) is 0 Å². The number of rotatable bonds is 7. The lowest BCUT2D eigenvalue weighted by atomic mass is 9.83. The maximum Gasteiger partial charge on any atom is 0.251 e. The molecule has 37 heavy (non-hydrogen) atoms. The topological polar surface area (TPSA) is 82.2 Å². The quantitative estimate of drug-likeness (QED) is 0.608. The van der Waals surface area contributed by atoms with Gasteiger partial charge in [0.1, 0.15) is 18.7 Å². The number of benzene rings is 1. The average Bonchev–Trinajstić information content (AvgIpc) is 3.48. The van der Waals surface area contributed by atoms with Gasteiger partial charge >= 0.3 is 0 Å². The standard InChI is InChI=1S/C29H42N4O4/c1-3-13-31-14-16-32(17-15-31)23-11-9-22(10-12-23)28(35)30-25(21-7-5-4-6-8-21)29(36)33-18-20(2)27-26(33)24(34)19-37-27/h9-12,20-21,25-27H,3-8,13-19H2,1-2H3,(H,30,35)/t20-,25+,26-,27-/m1/s1. The molecule has 0 unspecified atom stereocenters. The lowest BCUT2D eigenvalue weighted by molar-refractivity contribution is -0.139. The fourth-order valence-electron chi connectivity index (χ4n) is 6.74. The first-order valence-electron chi connectivity index (χ1n) is 14.3. The fraction of sp³-hybridized carbons (Fsp3) is 0.690. The van der Waals surface area contributed by atoms with Crippen molar-refractivity contribution in [2.45, 2.75) is 70.6 Å². The van der Waals surface area contributed by atoms with Gasteiger partial charge in [0.15, 0.2) is 5.78 Å². The molecule has 5 rings (SSSR count). The Morgan fingerprint density at radius 1 is 1.05 bits per heavy atom. The molecule has 3 heterocycles. The van der Waals surface area contributed by atoms with Gasteiger partial charge in [0, 0.05) is 49.9 Å². The highest BCUT2D eigenvalue weighted by atomic mass is 16.5. The molecule has 0 aromatic heterocycles. The number of ether oxygens (including phenoxy) is 1. The number of hydrogen-bond acceptors (Lipinski definition) is 6. The number of piperazine rings is 1. The Balaban J connectivity index is 1.27. The largest absolute Gasteiger partial charge is 0.369 e. The van der Waals surface area contributed by atoms with Gasteiger partial charge in [-0.3, -0.25) is 19.3 Å². The lowest BCUT2D eigenvalue weighted by Gasteiger charge is -2.36. The SMILES string of the molecule is CCCN1CCN(c2ccc(C(=O)N[C@H](C(=O)N3C[C@@H](C)[C@H]4OCC(=O)[C@H]43)C3CCCCC3)cc2)CC1. The third-order valence-electron chi connectivity index (χ3n) is 8.80. The van der Waals surface area contributed by atoms with Crippen LogP contribution in [0, 0.1) is 11.8 Å². The molecule has 3 aliphatic heterocycles. The van der Waals surface area contributed by atoms with E-state index < -0.39 is 12.1 Å². The third kappa shape index (κ3) is 5.55. The summed E-state index contributed by atoms with van der Waals surface area (Å²) in [5, 5.41) is 3.11. The van der Waals surface area contributed by atoms with E-state index in [1.807, 2.05) is 31.2 Å². The summed E-state index contributed by atoms with van der Waals surface area (Å²) in [6.45, 7) is 10.1.